The fourth-order valence-electron chi connectivity index (χ4n) is 1.89. The van der Waals surface area contributed by atoms with Crippen molar-refractivity contribution in [1.82, 2.24) is 0 Å². The zero-order valence-corrected chi connectivity index (χ0v) is 7.92. The van der Waals surface area contributed by atoms with Crippen molar-refractivity contribution in [2.75, 3.05) is 6.61 Å². The van der Waals surface area contributed by atoms with Gasteiger partial charge in [-0.15, -0.1) is 0 Å². The molecule has 2 heteroatoms. The molecule has 2 nitrogen and oxygen atoms in total. The lowest BCUT2D eigenvalue weighted by atomic mass is 9.94. The van der Waals surface area contributed by atoms with Crippen molar-refractivity contribution >= 4 is 0 Å². The van der Waals surface area contributed by atoms with Gasteiger partial charge in [0, 0.05) is 0 Å². The van der Waals surface area contributed by atoms with Crippen LogP contribution >= 0.6 is 0 Å². The van der Waals surface area contributed by atoms with Gasteiger partial charge in [0.2, 0.25) is 0 Å². The van der Waals surface area contributed by atoms with Gasteiger partial charge in [0.15, 0.2) is 0 Å². The number of benzene rings is 1. The Morgan fingerprint density at radius 1 is 1.54 bits per heavy atom. The predicted molar refractivity (Wildman–Crippen MR) is 52.4 cm³/mol. The summed E-state index contributed by atoms with van der Waals surface area (Å²) in [6.07, 6.45) is 1.05. The molecule has 1 aromatic carbocycles. The first-order valence-electron chi connectivity index (χ1n) is 4.77. The van der Waals surface area contributed by atoms with Gasteiger partial charge in [-0.25, -0.2) is 0 Å². The molecule has 13 heavy (non-hydrogen) atoms. The highest BCUT2D eigenvalue weighted by Crippen LogP contribution is 2.25. The van der Waals surface area contributed by atoms with E-state index >= 15 is 0 Å². The Kier molecular flexibility index (Phi) is 2.34. The normalized spacial score (nSPS) is 21.2. The van der Waals surface area contributed by atoms with Crippen LogP contribution in [0.15, 0.2) is 18.2 Å². The molecule has 1 aromatic rings. The second-order valence-electron chi connectivity index (χ2n) is 3.46. The number of hydrogen-bond acceptors (Lipinski definition) is 2. The van der Waals surface area contributed by atoms with E-state index in [0.29, 0.717) is 6.61 Å². The van der Waals surface area contributed by atoms with Crippen molar-refractivity contribution in [2.24, 2.45) is 5.73 Å². The van der Waals surface area contributed by atoms with Crippen LogP contribution in [0.3, 0.4) is 0 Å². The highest BCUT2D eigenvalue weighted by Gasteiger charge is 2.18. The molecule has 2 N–H and O–H groups in total. The molecule has 1 aliphatic heterocycles. The highest BCUT2D eigenvalue weighted by atomic mass is 16.5. The highest BCUT2D eigenvalue weighted by molar-refractivity contribution is 5.37. The van der Waals surface area contributed by atoms with Crippen molar-refractivity contribution in [1.29, 1.82) is 0 Å². The minimum absolute atomic E-state index is 0.0650. The molecule has 1 heterocycles. The Bertz CT molecular complexity index is 309. The van der Waals surface area contributed by atoms with Crippen molar-refractivity contribution in [3.63, 3.8) is 0 Å². The van der Waals surface area contributed by atoms with Crippen LogP contribution in [0.25, 0.3) is 0 Å². The van der Waals surface area contributed by atoms with Crippen LogP contribution in [0.4, 0.5) is 0 Å². The monoisotopic (exact) mass is 177 g/mol. The van der Waals surface area contributed by atoms with Gasteiger partial charge in [-0.2, -0.15) is 0 Å². The molecule has 0 aliphatic carbocycles. The number of ether oxygens (including phenoxy) is 1. The molecule has 0 unspecified atom stereocenters. The summed E-state index contributed by atoms with van der Waals surface area (Å²) < 4.78 is 5.43. The van der Waals surface area contributed by atoms with E-state index in [1.165, 1.54) is 16.7 Å². The molecular weight excluding hydrogens is 162 g/mol. The number of aryl methyl sites for hydroxylation is 1. The third-order valence-electron chi connectivity index (χ3n) is 2.63. The summed E-state index contributed by atoms with van der Waals surface area (Å²) in [5.41, 5.74) is 9.89. The van der Waals surface area contributed by atoms with Crippen molar-refractivity contribution in [2.45, 2.75) is 26.0 Å². The number of nitrogens with two attached hydrogens (primary N) is 1. The predicted octanol–water partition coefficient (Wildman–Crippen LogP) is 1.78. The van der Waals surface area contributed by atoms with Crippen LogP contribution in [0.5, 0.6) is 0 Å². The maximum atomic E-state index is 5.94. The Hall–Kier alpha value is -0.860. The molecular formula is C11H15NO. The Morgan fingerprint density at radius 3 is 3.15 bits per heavy atom. The minimum Gasteiger partial charge on any atom is -0.375 e. The lowest BCUT2D eigenvalue weighted by Crippen LogP contribution is -2.24. The van der Waals surface area contributed by atoms with E-state index < -0.39 is 0 Å². The number of rotatable bonds is 1. The van der Waals surface area contributed by atoms with Gasteiger partial charge in [0.1, 0.15) is 0 Å². The van der Waals surface area contributed by atoms with Crippen LogP contribution in [-0.4, -0.2) is 6.61 Å². The SMILES string of the molecule is CCc1cccc2c1COC[C@H]2N. The van der Waals surface area contributed by atoms with Crippen molar-refractivity contribution < 1.29 is 4.74 Å². The fourth-order valence-corrected chi connectivity index (χ4v) is 1.89. The van der Waals surface area contributed by atoms with Crippen LogP contribution in [0.1, 0.15) is 29.7 Å². The third kappa shape index (κ3) is 1.47. The van der Waals surface area contributed by atoms with E-state index in [1.807, 2.05) is 0 Å². The molecule has 0 aromatic heterocycles. The number of fused-ring (bicyclic) bond motifs is 1. The molecule has 0 spiro atoms. The van der Waals surface area contributed by atoms with Gasteiger partial charge in [-0.1, -0.05) is 25.1 Å². The number of hydrogen-bond donors (Lipinski definition) is 1. The smallest absolute Gasteiger partial charge is 0.0723 e. The van der Waals surface area contributed by atoms with Crippen molar-refractivity contribution in [3.05, 3.63) is 34.9 Å². The molecule has 70 valence electrons. The summed E-state index contributed by atoms with van der Waals surface area (Å²) in [5.74, 6) is 0. The summed E-state index contributed by atoms with van der Waals surface area (Å²) in [6, 6.07) is 6.42. The Balaban J connectivity index is 2.48. The first-order chi connectivity index (χ1) is 6.33. The quantitative estimate of drug-likeness (QED) is 0.709. The van der Waals surface area contributed by atoms with Gasteiger partial charge in [-0.3, -0.25) is 0 Å². The van der Waals surface area contributed by atoms with E-state index in [0.717, 1.165) is 13.0 Å². The summed E-state index contributed by atoms with van der Waals surface area (Å²) >= 11 is 0. The summed E-state index contributed by atoms with van der Waals surface area (Å²) in [6.45, 7) is 3.54. The topological polar surface area (TPSA) is 35.2 Å². The zero-order valence-electron chi connectivity index (χ0n) is 7.92. The molecule has 0 fully saturated rings. The van der Waals surface area contributed by atoms with E-state index in [-0.39, 0.29) is 6.04 Å². The summed E-state index contributed by atoms with van der Waals surface area (Å²) in [4.78, 5) is 0. The largest absolute Gasteiger partial charge is 0.375 e. The minimum atomic E-state index is 0.0650. The molecule has 0 bridgehead atoms. The molecule has 0 amide bonds. The van der Waals surface area contributed by atoms with Crippen LogP contribution in [-0.2, 0) is 17.8 Å². The van der Waals surface area contributed by atoms with Gasteiger partial charge >= 0.3 is 0 Å². The molecule has 1 aliphatic rings. The van der Waals surface area contributed by atoms with E-state index in [2.05, 4.69) is 25.1 Å². The molecule has 0 saturated heterocycles. The third-order valence-corrected chi connectivity index (χ3v) is 2.63. The average molecular weight is 177 g/mol. The van der Waals surface area contributed by atoms with Gasteiger partial charge in [0.05, 0.1) is 19.3 Å². The first-order valence-corrected chi connectivity index (χ1v) is 4.77. The van der Waals surface area contributed by atoms with E-state index in [4.69, 9.17) is 10.5 Å². The van der Waals surface area contributed by atoms with Crippen LogP contribution in [0.2, 0.25) is 0 Å². The van der Waals surface area contributed by atoms with Gasteiger partial charge < -0.3 is 10.5 Å². The van der Waals surface area contributed by atoms with E-state index in [1.54, 1.807) is 0 Å². The summed E-state index contributed by atoms with van der Waals surface area (Å²) in [7, 11) is 0. The maximum absolute atomic E-state index is 5.94. The Labute approximate surface area is 78.7 Å². The molecule has 0 radical (unpaired) electrons. The first kappa shape index (κ1) is 8.73. The fraction of sp³-hybridized carbons (Fsp3) is 0.455. The lowest BCUT2D eigenvalue weighted by molar-refractivity contribution is 0.0917. The van der Waals surface area contributed by atoms with Gasteiger partial charge in [-0.05, 0) is 23.1 Å². The second-order valence-corrected chi connectivity index (χ2v) is 3.46. The van der Waals surface area contributed by atoms with Crippen LogP contribution in [0, 0.1) is 0 Å². The lowest BCUT2D eigenvalue weighted by Gasteiger charge is -2.24. The Morgan fingerprint density at radius 2 is 2.38 bits per heavy atom. The maximum Gasteiger partial charge on any atom is 0.0723 e. The van der Waals surface area contributed by atoms with Crippen molar-refractivity contribution in [3.8, 4) is 0 Å². The molecule has 0 saturated carbocycles. The van der Waals surface area contributed by atoms with Crippen LogP contribution < -0.4 is 5.73 Å². The van der Waals surface area contributed by atoms with Gasteiger partial charge in [0.25, 0.3) is 0 Å². The standard InChI is InChI=1S/C11H15NO/c1-2-8-4-3-5-9-10(8)6-13-7-11(9)12/h3-5,11H,2,6-7,12H2,1H3/t11-/m1/s1. The molecule has 1 atom stereocenters. The summed E-state index contributed by atoms with van der Waals surface area (Å²) in [5, 5.41) is 0. The molecule has 2 rings (SSSR count). The zero-order chi connectivity index (χ0) is 9.26. The average Bonchev–Trinajstić information content (AvgIpc) is 2.18. The second kappa shape index (κ2) is 3.48. The van der Waals surface area contributed by atoms with E-state index in [9.17, 15) is 0 Å².